The van der Waals surface area contributed by atoms with Crippen molar-refractivity contribution in [3.63, 3.8) is 0 Å². The summed E-state index contributed by atoms with van der Waals surface area (Å²) in [4.78, 5) is 11.4. The van der Waals surface area contributed by atoms with Crippen LogP contribution in [0.15, 0.2) is 42.9 Å². The summed E-state index contributed by atoms with van der Waals surface area (Å²) in [6.07, 6.45) is 3.00. The van der Waals surface area contributed by atoms with Crippen LogP contribution in [0.5, 0.6) is 0 Å². The average Bonchev–Trinajstić information content (AvgIpc) is 3.27. The van der Waals surface area contributed by atoms with Gasteiger partial charge in [0.05, 0.1) is 18.1 Å². The highest BCUT2D eigenvalue weighted by Gasteiger charge is 2.25. The van der Waals surface area contributed by atoms with Crippen LogP contribution in [0.4, 0.5) is 5.95 Å². The average molecular weight is 340 g/mol. The van der Waals surface area contributed by atoms with E-state index in [0.717, 1.165) is 31.0 Å². The number of hydrogen-bond acceptors (Lipinski definition) is 7. The third-order valence-corrected chi connectivity index (χ3v) is 4.27. The minimum atomic E-state index is -0.480. The summed E-state index contributed by atoms with van der Waals surface area (Å²) in [6.45, 7) is 3.36. The molecular weight excluding hydrogens is 320 g/mol. The number of nitrogens with one attached hydrogen (secondary N) is 1. The van der Waals surface area contributed by atoms with Gasteiger partial charge >= 0.3 is 0 Å². The first-order valence-corrected chi connectivity index (χ1v) is 8.26. The summed E-state index contributed by atoms with van der Waals surface area (Å²) < 4.78 is 1.71. The number of aliphatic hydroxyl groups excluding tert-OH is 1. The van der Waals surface area contributed by atoms with Crippen molar-refractivity contribution in [1.29, 1.82) is 0 Å². The monoisotopic (exact) mass is 340 g/mol. The normalized spacial score (nSPS) is 19.1. The van der Waals surface area contributed by atoms with Gasteiger partial charge in [-0.3, -0.25) is 4.90 Å². The Hall–Kier alpha value is -2.78. The molecule has 0 radical (unpaired) electrons. The number of para-hydroxylation sites is 1. The molecule has 0 spiro atoms. The third kappa shape index (κ3) is 3.52. The molecule has 2 aromatic heterocycles. The molecule has 2 N–H and O–H groups in total. The molecule has 4 rings (SSSR count). The predicted molar refractivity (Wildman–Crippen MR) is 91.2 cm³/mol. The van der Waals surface area contributed by atoms with E-state index < -0.39 is 6.10 Å². The molecule has 3 heterocycles. The lowest BCUT2D eigenvalue weighted by Crippen LogP contribution is -2.34. The largest absolute Gasteiger partial charge is 0.390 e. The van der Waals surface area contributed by atoms with E-state index in [2.05, 4.69) is 30.4 Å². The number of benzene rings is 1. The number of hydrogen-bond donors (Lipinski definition) is 2. The third-order valence-electron chi connectivity index (χ3n) is 4.27. The van der Waals surface area contributed by atoms with Gasteiger partial charge in [0.1, 0.15) is 0 Å². The van der Waals surface area contributed by atoms with E-state index in [-0.39, 0.29) is 0 Å². The number of aliphatic hydroxyl groups is 1. The summed E-state index contributed by atoms with van der Waals surface area (Å²) in [7, 11) is 0. The number of β-amino-alcohol motifs (C(OH)–C–C–N with tert-alkyl or cyclic N) is 1. The van der Waals surface area contributed by atoms with Crippen molar-refractivity contribution in [2.24, 2.45) is 0 Å². The smallest absolute Gasteiger partial charge is 0.250 e. The molecule has 0 aliphatic carbocycles. The quantitative estimate of drug-likeness (QED) is 0.693. The first-order valence-electron chi connectivity index (χ1n) is 8.26. The van der Waals surface area contributed by atoms with Gasteiger partial charge in [-0.2, -0.15) is 4.68 Å². The zero-order valence-corrected chi connectivity index (χ0v) is 13.7. The fourth-order valence-electron chi connectivity index (χ4n) is 3.11. The summed E-state index contributed by atoms with van der Waals surface area (Å²) in [5.41, 5.74) is 1.94. The van der Waals surface area contributed by atoms with Crippen LogP contribution >= 0.6 is 0 Å². The molecule has 1 saturated heterocycles. The van der Waals surface area contributed by atoms with Crippen molar-refractivity contribution in [2.45, 2.75) is 12.6 Å². The van der Waals surface area contributed by atoms with Crippen LogP contribution in [0, 0.1) is 0 Å². The maximum absolute atomic E-state index is 10.4. The van der Waals surface area contributed by atoms with Gasteiger partial charge in [0.25, 0.3) is 5.95 Å². The maximum atomic E-state index is 10.4. The minimum absolute atomic E-state index is 0.480. The van der Waals surface area contributed by atoms with E-state index in [1.165, 1.54) is 0 Å². The van der Waals surface area contributed by atoms with Crippen molar-refractivity contribution < 1.29 is 5.11 Å². The van der Waals surface area contributed by atoms with E-state index >= 15 is 0 Å². The van der Waals surface area contributed by atoms with E-state index in [1.54, 1.807) is 11.0 Å². The standard InChI is InChI=1S/C16H20N8O/c25-15-10-22(9-13-8-17-12-18-13)6-7-23(11-15)16-19-20-21-24(16)14-4-2-1-3-5-14/h1-5,8,12,15,25H,6-7,9-11H2,(H,17,18). The molecule has 0 saturated carbocycles. The number of H-pyrrole nitrogens is 1. The lowest BCUT2D eigenvalue weighted by molar-refractivity contribution is 0.128. The van der Waals surface area contributed by atoms with Crippen LogP contribution in [0.1, 0.15) is 5.69 Å². The Kier molecular flexibility index (Phi) is 4.40. The van der Waals surface area contributed by atoms with Crippen molar-refractivity contribution >= 4 is 5.95 Å². The van der Waals surface area contributed by atoms with Crippen LogP contribution in [0.2, 0.25) is 0 Å². The minimum Gasteiger partial charge on any atom is -0.390 e. The molecule has 3 aromatic rings. The predicted octanol–water partition coefficient (Wildman–Crippen LogP) is 0.0685. The lowest BCUT2D eigenvalue weighted by atomic mass is 10.3. The second-order valence-electron chi connectivity index (χ2n) is 6.14. The topological polar surface area (TPSA) is 99.0 Å². The highest BCUT2D eigenvalue weighted by Crippen LogP contribution is 2.17. The van der Waals surface area contributed by atoms with Crippen LogP contribution in [0.25, 0.3) is 5.69 Å². The first-order chi connectivity index (χ1) is 12.3. The number of aromatic amines is 1. The Morgan fingerprint density at radius 2 is 2.04 bits per heavy atom. The molecule has 1 aliphatic rings. The molecule has 130 valence electrons. The Morgan fingerprint density at radius 3 is 2.84 bits per heavy atom. The number of nitrogens with zero attached hydrogens (tertiary/aromatic N) is 7. The van der Waals surface area contributed by atoms with Crippen LogP contribution < -0.4 is 4.90 Å². The van der Waals surface area contributed by atoms with Gasteiger partial charge in [0.15, 0.2) is 0 Å². The molecule has 1 unspecified atom stereocenters. The summed E-state index contributed by atoms with van der Waals surface area (Å²) >= 11 is 0. The number of rotatable bonds is 4. The summed E-state index contributed by atoms with van der Waals surface area (Å²) in [6, 6.07) is 9.77. The van der Waals surface area contributed by atoms with Gasteiger partial charge in [0, 0.05) is 44.6 Å². The second kappa shape index (κ2) is 6.99. The SMILES string of the molecule is OC1CN(Cc2cnc[nH]2)CCN(c2nnnn2-c2ccccc2)C1. The van der Waals surface area contributed by atoms with E-state index in [9.17, 15) is 5.11 Å². The molecule has 1 atom stereocenters. The fourth-order valence-corrected chi connectivity index (χ4v) is 3.11. The zero-order chi connectivity index (χ0) is 17.1. The number of aromatic nitrogens is 6. The highest BCUT2D eigenvalue weighted by molar-refractivity contribution is 5.40. The molecular formula is C16H20N8O. The van der Waals surface area contributed by atoms with Crippen molar-refractivity contribution in [1.82, 2.24) is 35.1 Å². The number of imidazole rings is 1. The molecule has 1 aliphatic heterocycles. The molecule has 0 bridgehead atoms. The maximum Gasteiger partial charge on any atom is 0.250 e. The van der Waals surface area contributed by atoms with Gasteiger partial charge < -0.3 is 15.0 Å². The summed E-state index contributed by atoms with van der Waals surface area (Å²) in [5.74, 6) is 0.647. The Labute approximate surface area is 144 Å². The van der Waals surface area contributed by atoms with Crippen molar-refractivity contribution in [2.75, 3.05) is 31.1 Å². The van der Waals surface area contributed by atoms with E-state index in [4.69, 9.17) is 0 Å². The van der Waals surface area contributed by atoms with Crippen molar-refractivity contribution in [3.8, 4) is 5.69 Å². The number of tetrazole rings is 1. The molecule has 0 amide bonds. The lowest BCUT2D eigenvalue weighted by Gasteiger charge is -2.22. The van der Waals surface area contributed by atoms with Crippen LogP contribution in [-0.4, -0.2) is 72.5 Å². The molecule has 1 fully saturated rings. The Morgan fingerprint density at radius 1 is 1.16 bits per heavy atom. The van der Waals surface area contributed by atoms with Gasteiger partial charge in [-0.25, -0.2) is 4.98 Å². The Balaban J connectivity index is 1.51. The van der Waals surface area contributed by atoms with Crippen LogP contribution in [-0.2, 0) is 6.54 Å². The Bertz CT molecular complexity index is 788. The number of anilines is 1. The van der Waals surface area contributed by atoms with Gasteiger partial charge in [-0.15, -0.1) is 0 Å². The first kappa shape index (κ1) is 15.7. The van der Waals surface area contributed by atoms with Gasteiger partial charge in [-0.05, 0) is 22.6 Å². The van der Waals surface area contributed by atoms with Crippen LogP contribution in [0.3, 0.4) is 0 Å². The van der Waals surface area contributed by atoms with E-state index in [0.29, 0.717) is 19.0 Å². The zero-order valence-electron chi connectivity index (χ0n) is 13.7. The second-order valence-corrected chi connectivity index (χ2v) is 6.14. The fraction of sp³-hybridized carbons (Fsp3) is 0.375. The molecule has 9 heteroatoms. The van der Waals surface area contributed by atoms with E-state index in [1.807, 2.05) is 41.4 Å². The molecule has 25 heavy (non-hydrogen) atoms. The van der Waals surface area contributed by atoms with Crippen molar-refractivity contribution in [3.05, 3.63) is 48.5 Å². The molecule has 9 nitrogen and oxygen atoms in total. The van der Waals surface area contributed by atoms with Gasteiger partial charge in [-0.1, -0.05) is 23.3 Å². The highest BCUT2D eigenvalue weighted by atomic mass is 16.3. The van der Waals surface area contributed by atoms with Gasteiger partial charge in [0.2, 0.25) is 0 Å². The molecule has 1 aromatic carbocycles. The summed E-state index contributed by atoms with van der Waals surface area (Å²) in [5, 5.41) is 22.5.